The number of carbonyl (C=O) groups excluding carboxylic acids is 1. The third kappa shape index (κ3) is 4.30. The molecule has 0 atom stereocenters. The van der Waals surface area contributed by atoms with E-state index in [1.165, 1.54) is 16.2 Å². The van der Waals surface area contributed by atoms with Gasteiger partial charge in [0, 0.05) is 37.7 Å². The van der Waals surface area contributed by atoms with Gasteiger partial charge in [0.15, 0.2) is 5.01 Å². The predicted molar refractivity (Wildman–Crippen MR) is 80.9 cm³/mol. The highest BCUT2D eigenvalue weighted by Gasteiger charge is 2.18. The second-order valence-corrected chi connectivity index (χ2v) is 7.68. The van der Waals surface area contributed by atoms with Crippen LogP contribution >= 0.6 is 11.3 Å². The monoisotopic (exact) mass is 326 g/mol. The van der Waals surface area contributed by atoms with Crippen molar-refractivity contribution in [3.05, 3.63) is 24.5 Å². The smallest absolute Gasteiger partial charge is 0.229 e. The van der Waals surface area contributed by atoms with Crippen molar-refractivity contribution in [1.29, 1.82) is 0 Å². The highest BCUT2D eigenvalue weighted by atomic mass is 32.2. The molecule has 2 rings (SSSR count). The van der Waals surface area contributed by atoms with Gasteiger partial charge in [-0.25, -0.2) is 8.42 Å². The van der Waals surface area contributed by atoms with E-state index in [-0.39, 0.29) is 18.1 Å². The summed E-state index contributed by atoms with van der Waals surface area (Å²) in [6, 6.07) is 3.64. The van der Waals surface area contributed by atoms with E-state index in [2.05, 4.69) is 15.2 Å². The molecule has 0 saturated carbocycles. The van der Waals surface area contributed by atoms with Crippen molar-refractivity contribution in [3.63, 3.8) is 0 Å². The Morgan fingerprint density at radius 2 is 2.14 bits per heavy atom. The summed E-state index contributed by atoms with van der Waals surface area (Å²) >= 11 is 1.25. The highest BCUT2D eigenvalue weighted by Crippen LogP contribution is 2.27. The van der Waals surface area contributed by atoms with Crippen LogP contribution in [0.1, 0.15) is 6.42 Å². The number of hydrogen-bond acceptors (Lipinski definition) is 7. The molecular weight excluding hydrogens is 312 g/mol. The number of nitrogens with zero attached hydrogens (tertiary/aromatic N) is 4. The second kappa shape index (κ2) is 6.27. The Labute approximate surface area is 126 Å². The summed E-state index contributed by atoms with van der Waals surface area (Å²) in [7, 11) is -1.61. The summed E-state index contributed by atoms with van der Waals surface area (Å²) in [4.78, 5) is 17.2. The SMILES string of the molecule is CN(C(=O)CCS(C)(=O)=O)c1nnc(-c2cccnc2)s1. The van der Waals surface area contributed by atoms with Gasteiger partial charge < -0.3 is 0 Å². The van der Waals surface area contributed by atoms with Crippen molar-refractivity contribution >= 4 is 32.2 Å². The van der Waals surface area contributed by atoms with E-state index in [4.69, 9.17) is 0 Å². The fourth-order valence-electron chi connectivity index (χ4n) is 1.50. The molecule has 2 aromatic rings. The molecule has 0 saturated heterocycles. The molecule has 0 bridgehead atoms. The number of carbonyl (C=O) groups is 1. The van der Waals surface area contributed by atoms with Crippen LogP contribution in [-0.2, 0) is 14.6 Å². The summed E-state index contributed by atoms with van der Waals surface area (Å²) < 4.78 is 22.2. The Kier molecular flexibility index (Phi) is 4.63. The lowest BCUT2D eigenvalue weighted by atomic mass is 10.3. The Balaban J connectivity index is 2.09. The van der Waals surface area contributed by atoms with E-state index in [1.54, 1.807) is 25.5 Å². The van der Waals surface area contributed by atoms with E-state index < -0.39 is 9.84 Å². The lowest BCUT2D eigenvalue weighted by Gasteiger charge is -2.12. The number of pyridine rings is 1. The van der Waals surface area contributed by atoms with Gasteiger partial charge in [-0.2, -0.15) is 0 Å². The fraction of sp³-hybridized carbons (Fsp3) is 0.333. The molecule has 0 spiro atoms. The molecule has 0 fully saturated rings. The lowest BCUT2D eigenvalue weighted by Crippen LogP contribution is -2.27. The van der Waals surface area contributed by atoms with Gasteiger partial charge in [0.2, 0.25) is 11.0 Å². The Hall–Kier alpha value is -1.87. The summed E-state index contributed by atoms with van der Waals surface area (Å²) in [5.41, 5.74) is 0.818. The zero-order chi connectivity index (χ0) is 15.5. The van der Waals surface area contributed by atoms with Gasteiger partial charge in [-0.05, 0) is 12.1 Å². The van der Waals surface area contributed by atoms with Gasteiger partial charge in [0.05, 0.1) is 5.75 Å². The maximum atomic E-state index is 11.9. The van der Waals surface area contributed by atoms with Gasteiger partial charge in [-0.1, -0.05) is 11.3 Å². The van der Waals surface area contributed by atoms with Crippen molar-refractivity contribution in [2.24, 2.45) is 0 Å². The first-order valence-corrected chi connectivity index (χ1v) is 8.93. The van der Waals surface area contributed by atoms with Crippen LogP contribution in [0.4, 0.5) is 5.13 Å². The van der Waals surface area contributed by atoms with E-state index in [0.717, 1.165) is 11.8 Å². The molecule has 21 heavy (non-hydrogen) atoms. The van der Waals surface area contributed by atoms with E-state index >= 15 is 0 Å². The fourth-order valence-corrected chi connectivity index (χ4v) is 2.86. The van der Waals surface area contributed by atoms with Crippen LogP contribution in [0.5, 0.6) is 0 Å². The van der Waals surface area contributed by atoms with E-state index in [1.807, 2.05) is 6.07 Å². The maximum Gasteiger partial charge on any atom is 0.229 e. The Bertz CT molecular complexity index is 728. The molecule has 0 aliphatic carbocycles. The minimum atomic E-state index is -3.16. The van der Waals surface area contributed by atoms with Crippen LogP contribution in [0, 0.1) is 0 Å². The van der Waals surface area contributed by atoms with Gasteiger partial charge in [0.25, 0.3) is 0 Å². The molecule has 0 aromatic carbocycles. The van der Waals surface area contributed by atoms with Crippen molar-refractivity contribution in [2.45, 2.75) is 6.42 Å². The molecule has 0 unspecified atom stereocenters. The molecular formula is C12H14N4O3S2. The normalized spacial score (nSPS) is 11.3. The first kappa shape index (κ1) is 15.5. The quantitative estimate of drug-likeness (QED) is 0.813. The number of amides is 1. The summed E-state index contributed by atoms with van der Waals surface area (Å²) in [6.07, 6.45) is 4.35. The first-order valence-electron chi connectivity index (χ1n) is 6.05. The molecule has 0 aliphatic rings. The molecule has 2 aromatic heterocycles. The second-order valence-electron chi connectivity index (χ2n) is 4.46. The van der Waals surface area contributed by atoms with Crippen LogP contribution in [0.25, 0.3) is 10.6 Å². The topological polar surface area (TPSA) is 93.1 Å². The molecule has 9 heteroatoms. The minimum Gasteiger partial charge on any atom is -0.290 e. The van der Waals surface area contributed by atoms with Gasteiger partial charge in [0.1, 0.15) is 9.84 Å². The van der Waals surface area contributed by atoms with Crippen molar-refractivity contribution < 1.29 is 13.2 Å². The lowest BCUT2D eigenvalue weighted by molar-refractivity contribution is -0.117. The highest BCUT2D eigenvalue weighted by molar-refractivity contribution is 7.90. The third-order valence-corrected chi connectivity index (χ3v) is 4.67. The summed E-state index contributed by atoms with van der Waals surface area (Å²) in [5, 5.41) is 9.05. The average Bonchev–Trinajstić information content (AvgIpc) is 2.94. The van der Waals surface area contributed by atoms with E-state index in [0.29, 0.717) is 10.1 Å². The number of sulfone groups is 1. The average molecular weight is 326 g/mol. The molecule has 0 aliphatic heterocycles. The largest absolute Gasteiger partial charge is 0.290 e. The summed E-state index contributed by atoms with van der Waals surface area (Å²) in [6.45, 7) is 0. The zero-order valence-corrected chi connectivity index (χ0v) is 13.2. The zero-order valence-electron chi connectivity index (χ0n) is 11.6. The number of hydrogen-bond donors (Lipinski definition) is 0. The van der Waals surface area contributed by atoms with E-state index in [9.17, 15) is 13.2 Å². The van der Waals surface area contributed by atoms with Crippen LogP contribution in [0.15, 0.2) is 24.5 Å². The molecule has 2 heterocycles. The van der Waals surface area contributed by atoms with Gasteiger partial charge in [-0.3, -0.25) is 14.7 Å². The third-order valence-electron chi connectivity index (χ3n) is 2.67. The van der Waals surface area contributed by atoms with Gasteiger partial charge in [-0.15, -0.1) is 10.2 Å². The Morgan fingerprint density at radius 1 is 1.38 bits per heavy atom. The maximum absolute atomic E-state index is 11.9. The molecule has 7 nitrogen and oxygen atoms in total. The predicted octanol–water partition coefficient (Wildman–Crippen LogP) is 0.998. The standard InChI is InChI=1S/C12H14N4O3S2/c1-16(10(17)5-7-21(2,18)19)12-15-14-11(20-12)9-4-3-6-13-8-9/h3-4,6,8H,5,7H2,1-2H3. The minimum absolute atomic E-state index is 0.0723. The number of anilines is 1. The summed E-state index contributed by atoms with van der Waals surface area (Å²) in [5.74, 6) is -0.487. The number of rotatable bonds is 5. The van der Waals surface area contributed by atoms with Crippen LogP contribution < -0.4 is 4.90 Å². The van der Waals surface area contributed by atoms with Crippen LogP contribution in [0.2, 0.25) is 0 Å². The number of aromatic nitrogens is 3. The Morgan fingerprint density at radius 3 is 2.76 bits per heavy atom. The van der Waals surface area contributed by atoms with Crippen molar-refractivity contribution in [3.8, 4) is 10.6 Å². The molecule has 1 amide bonds. The first-order chi connectivity index (χ1) is 9.87. The molecule has 112 valence electrons. The van der Waals surface area contributed by atoms with Gasteiger partial charge >= 0.3 is 0 Å². The molecule has 0 N–H and O–H groups in total. The van der Waals surface area contributed by atoms with Crippen LogP contribution in [-0.4, -0.2) is 48.6 Å². The van der Waals surface area contributed by atoms with Crippen molar-refractivity contribution in [1.82, 2.24) is 15.2 Å². The van der Waals surface area contributed by atoms with Crippen LogP contribution in [0.3, 0.4) is 0 Å². The molecule has 0 radical (unpaired) electrons. The van der Waals surface area contributed by atoms with Crippen molar-refractivity contribution in [2.75, 3.05) is 24.0 Å².